The van der Waals surface area contributed by atoms with E-state index >= 15 is 0 Å². The van der Waals surface area contributed by atoms with Gasteiger partial charge in [-0.1, -0.05) is 0 Å². The molecule has 4 heterocycles. The lowest BCUT2D eigenvalue weighted by atomic mass is 10.0. The van der Waals surface area contributed by atoms with E-state index in [1.54, 1.807) is 24.3 Å². The topological polar surface area (TPSA) is 221 Å². The molecule has 0 saturated carbocycles. The van der Waals surface area contributed by atoms with Gasteiger partial charge in [0.05, 0.1) is 24.5 Å². The highest BCUT2D eigenvalue weighted by atomic mass is 19.4. The molecule has 6 N–H and O–H groups in total. The summed E-state index contributed by atoms with van der Waals surface area (Å²) in [4.78, 5) is 45.2. The standard InChI is InChI=1S/C38H47F3N8O8/c39-38(40,41)24-46-35-31(27(13-15-44-35)37-47-29(23-57-37)33(42)50)28-22-49(48-32(28)34(43)51)26-11-9-25(10-12-26)36(52)45-14-3-1-4-16-53-20-21-54-17-6-7-19-56-30-8-2-5-18-55-30/h9-13,15,22-23,30H,1-8,14,16-21,24H2,(H2,42,50)(H2,43,51)(H,44,46)(H,45,52). The number of amides is 3. The summed E-state index contributed by atoms with van der Waals surface area (Å²) in [6.07, 6.45) is 6.45. The molecule has 57 heavy (non-hydrogen) atoms. The number of unbranched alkanes of at least 4 members (excludes halogenated alkanes) is 3. The minimum atomic E-state index is -4.62. The van der Waals surface area contributed by atoms with Gasteiger partial charge in [-0.15, -0.1) is 0 Å². The number of ether oxygens (including phenoxy) is 4. The highest BCUT2D eigenvalue weighted by Gasteiger charge is 2.30. The van der Waals surface area contributed by atoms with Crippen molar-refractivity contribution in [1.29, 1.82) is 0 Å². The van der Waals surface area contributed by atoms with Gasteiger partial charge >= 0.3 is 6.18 Å². The molecule has 1 unspecified atom stereocenters. The summed E-state index contributed by atoms with van der Waals surface area (Å²) in [6, 6.07) is 7.67. The third-order valence-electron chi connectivity index (χ3n) is 8.75. The van der Waals surface area contributed by atoms with Crippen LogP contribution in [-0.4, -0.2) is 103 Å². The molecule has 5 rings (SSSR count). The van der Waals surface area contributed by atoms with E-state index in [2.05, 4.69) is 25.7 Å². The Bertz CT molecular complexity index is 1910. The number of hydrogen-bond donors (Lipinski definition) is 4. The van der Waals surface area contributed by atoms with Crippen molar-refractivity contribution in [2.45, 2.75) is 63.8 Å². The van der Waals surface area contributed by atoms with Gasteiger partial charge in [0.15, 0.2) is 17.7 Å². The van der Waals surface area contributed by atoms with Crippen molar-refractivity contribution in [3.63, 3.8) is 0 Å². The molecule has 1 aliphatic rings. The van der Waals surface area contributed by atoms with Crippen LogP contribution >= 0.6 is 0 Å². The van der Waals surface area contributed by atoms with Crippen LogP contribution in [0.1, 0.15) is 82.7 Å². The fourth-order valence-electron chi connectivity index (χ4n) is 5.87. The van der Waals surface area contributed by atoms with Crippen molar-refractivity contribution < 1.29 is 50.9 Å². The number of nitrogens with two attached hydrogens (primary N) is 2. The van der Waals surface area contributed by atoms with Gasteiger partial charge in [0.2, 0.25) is 5.89 Å². The second kappa shape index (κ2) is 21.2. The molecule has 19 heteroatoms. The molecule has 0 spiro atoms. The maximum atomic E-state index is 13.3. The van der Waals surface area contributed by atoms with Gasteiger partial charge in [-0.05, 0) is 81.7 Å². The van der Waals surface area contributed by atoms with Crippen LogP contribution in [0.2, 0.25) is 0 Å². The number of benzene rings is 1. The second-order valence-electron chi connectivity index (χ2n) is 13.1. The summed E-state index contributed by atoms with van der Waals surface area (Å²) in [6.45, 7) is 2.79. The van der Waals surface area contributed by atoms with E-state index in [0.717, 1.165) is 64.2 Å². The number of hydrogen-bond acceptors (Lipinski definition) is 12. The minimum Gasteiger partial charge on any atom is -0.444 e. The number of aromatic nitrogens is 4. The predicted octanol–water partition coefficient (Wildman–Crippen LogP) is 5.02. The molecule has 1 aliphatic heterocycles. The molecular formula is C38H47F3N8O8. The zero-order valence-electron chi connectivity index (χ0n) is 31.4. The fourth-order valence-corrected chi connectivity index (χ4v) is 5.87. The molecule has 1 aromatic carbocycles. The smallest absolute Gasteiger partial charge is 0.405 e. The molecule has 16 nitrogen and oxygen atoms in total. The van der Waals surface area contributed by atoms with Crippen LogP contribution in [0.4, 0.5) is 19.0 Å². The SMILES string of the molecule is NC(=O)c1coc(-c2ccnc(NCC(F)(F)F)c2-c2cn(-c3ccc(C(=O)NCCCCCOCCOCCCCOC4CCCCO4)cc3)nc2C(N)=O)n1. The Kier molecular flexibility index (Phi) is 15.9. The Balaban J connectivity index is 1.09. The highest BCUT2D eigenvalue weighted by Crippen LogP contribution is 2.39. The number of pyridine rings is 1. The predicted molar refractivity (Wildman–Crippen MR) is 200 cm³/mol. The summed E-state index contributed by atoms with van der Waals surface area (Å²) in [7, 11) is 0. The summed E-state index contributed by atoms with van der Waals surface area (Å²) in [5.41, 5.74) is 11.2. The van der Waals surface area contributed by atoms with Gasteiger partial charge < -0.3 is 45.5 Å². The van der Waals surface area contributed by atoms with E-state index in [4.69, 9.17) is 34.8 Å². The molecule has 1 fully saturated rings. The van der Waals surface area contributed by atoms with Crippen molar-refractivity contribution in [2.75, 3.05) is 58.0 Å². The number of halogens is 3. The number of primary amides is 2. The summed E-state index contributed by atoms with van der Waals surface area (Å²) < 4.78 is 69.0. The lowest BCUT2D eigenvalue weighted by Crippen LogP contribution is -2.24. The van der Waals surface area contributed by atoms with Crippen molar-refractivity contribution in [1.82, 2.24) is 25.1 Å². The number of nitrogens with one attached hydrogen (secondary N) is 2. The first-order valence-corrected chi connectivity index (χ1v) is 18.7. The molecule has 308 valence electrons. The maximum Gasteiger partial charge on any atom is 0.405 e. The Morgan fingerprint density at radius 2 is 1.63 bits per heavy atom. The Labute approximate surface area is 326 Å². The molecule has 3 aromatic heterocycles. The van der Waals surface area contributed by atoms with Gasteiger partial charge in [-0.2, -0.15) is 18.3 Å². The summed E-state index contributed by atoms with van der Waals surface area (Å²) in [5.74, 6) is -2.64. The van der Waals surface area contributed by atoms with Crippen molar-refractivity contribution in [2.24, 2.45) is 11.5 Å². The lowest BCUT2D eigenvalue weighted by Gasteiger charge is -2.22. The zero-order chi connectivity index (χ0) is 40.6. The normalized spacial score (nSPS) is 14.4. The van der Waals surface area contributed by atoms with Crippen molar-refractivity contribution >= 4 is 23.5 Å². The van der Waals surface area contributed by atoms with Crippen LogP contribution in [0.5, 0.6) is 0 Å². The molecule has 1 atom stereocenters. The third kappa shape index (κ3) is 13.1. The third-order valence-corrected chi connectivity index (χ3v) is 8.75. The molecule has 0 bridgehead atoms. The van der Waals surface area contributed by atoms with Gasteiger partial charge in [-0.25, -0.2) is 14.6 Å². The van der Waals surface area contributed by atoms with E-state index in [1.807, 2.05) is 0 Å². The minimum absolute atomic E-state index is 0.00692. The number of nitrogens with zero attached hydrogens (tertiary/aromatic N) is 4. The number of rotatable bonds is 23. The monoisotopic (exact) mass is 800 g/mol. The summed E-state index contributed by atoms with van der Waals surface area (Å²) in [5, 5.41) is 9.42. The highest BCUT2D eigenvalue weighted by molar-refractivity contribution is 6.02. The number of oxazole rings is 1. The first-order chi connectivity index (χ1) is 27.5. The summed E-state index contributed by atoms with van der Waals surface area (Å²) >= 11 is 0. The van der Waals surface area contributed by atoms with E-state index in [0.29, 0.717) is 50.8 Å². The maximum absolute atomic E-state index is 13.3. The molecule has 3 amide bonds. The number of anilines is 1. The average molecular weight is 801 g/mol. The van der Waals surface area contributed by atoms with Gasteiger partial charge in [0.1, 0.15) is 18.6 Å². The van der Waals surface area contributed by atoms with Crippen molar-refractivity contribution in [3.05, 3.63) is 65.9 Å². The quantitative estimate of drug-likeness (QED) is 0.0727. The molecule has 4 aromatic rings. The lowest BCUT2D eigenvalue weighted by molar-refractivity contribution is -0.163. The van der Waals surface area contributed by atoms with Crippen LogP contribution in [0.25, 0.3) is 28.3 Å². The van der Waals surface area contributed by atoms with Crippen molar-refractivity contribution in [3.8, 4) is 28.3 Å². The van der Waals surface area contributed by atoms with Gasteiger partial charge in [0, 0.05) is 62.1 Å². The fraction of sp³-hybridized carbons (Fsp3) is 0.474. The first kappa shape index (κ1) is 42.8. The van der Waals surface area contributed by atoms with Crippen LogP contribution < -0.4 is 22.1 Å². The molecular weight excluding hydrogens is 753 g/mol. The van der Waals surface area contributed by atoms with Crippen LogP contribution in [-0.2, 0) is 18.9 Å². The van der Waals surface area contributed by atoms with Crippen LogP contribution in [0.15, 0.2) is 53.4 Å². The van der Waals surface area contributed by atoms with E-state index < -0.39 is 24.5 Å². The van der Waals surface area contributed by atoms with Gasteiger partial charge in [0.25, 0.3) is 17.7 Å². The largest absolute Gasteiger partial charge is 0.444 e. The van der Waals surface area contributed by atoms with E-state index in [9.17, 15) is 27.6 Å². The van der Waals surface area contributed by atoms with E-state index in [-0.39, 0.29) is 52.0 Å². The first-order valence-electron chi connectivity index (χ1n) is 18.7. The Morgan fingerprint density at radius 3 is 2.30 bits per heavy atom. The number of alkyl halides is 3. The molecule has 1 saturated heterocycles. The average Bonchev–Trinajstić information content (AvgIpc) is 3.88. The van der Waals surface area contributed by atoms with Crippen LogP contribution in [0.3, 0.4) is 0 Å². The second-order valence-corrected chi connectivity index (χ2v) is 13.1. The Hall–Kier alpha value is -5.37. The number of carbonyl (C=O) groups is 3. The van der Waals surface area contributed by atoms with Gasteiger partial charge in [-0.3, -0.25) is 14.4 Å². The zero-order valence-corrected chi connectivity index (χ0v) is 31.4. The molecule has 0 radical (unpaired) electrons. The molecule has 0 aliphatic carbocycles. The number of carbonyl (C=O) groups excluding carboxylic acids is 3. The Morgan fingerprint density at radius 1 is 0.895 bits per heavy atom. The van der Waals surface area contributed by atoms with Crippen LogP contribution in [0, 0.1) is 0 Å². The van der Waals surface area contributed by atoms with E-state index in [1.165, 1.54) is 23.1 Å².